The minimum absolute atomic E-state index is 0.116. The number of benzene rings is 1. The minimum Gasteiger partial charge on any atom is -0.370 e. The van der Waals surface area contributed by atoms with E-state index in [4.69, 9.17) is 5.73 Å². The molecule has 1 saturated carbocycles. The first-order valence-corrected chi connectivity index (χ1v) is 11.0. The third-order valence-corrected chi connectivity index (χ3v) is 7.21. The molecule has 1 aromatic carbocycles. The van der Waals surface area contributed by atoms with E-state index < -0.39 is 5.54 Å². The molecule has 4 bridgehead atoms. The van der Waals surface area contributed by atoms with Crippen molar-refractivity contribution in [1.29, 1.82) is 0 Å². The maximum atomic E-state index is 13.6. The van der Waals surface area contributed by atoms with Crippen molar-refractivity contribution in [1.82, 2.24) is 15.5 Å². The maximum Gasteiger partial charge on any atom is 0.242 e. The van der Waals surface area contributed by atoms with Gasteiger partial charge in [-0.3, -0.25) is 14.5 Å². The number of piperidine rings is 2. The van der Waals surface area contributed by atoms with Gasteiger partial charge in [0.05, 0.1) is 0 Å². The fraction of sp³-hybridized carbons (Fsp3) is 0.652. The normalized spacial score (nSPS) is 33.2. The van der Waals surface area contributed by atoms with Gasteiger partial charge in [-0.05, 0) is 42.7 Å². The Bertz CT molecular complexity index is 753. The topological polar surface area (TPSA) is 87.5 Å². The van der Waals surface area contributed by atoms with E-state index in [0.717, 1.165) is 38.0 Å². The Morgan fingerprint density at radius 1 is 1.31 bits per heavy atom. The molecule has 5 atom stereocenters. The predicted molar refractivity (Wildman–Crippen MR) is 113 cm³/mol. The van der Waals surface area contributed by atoms with Crippen molar-refractivity contribution in [3.05, 3.63) is 35.9 Å². The number of primary amides is 1. The molecule has 6 heteroatoms. The van der Waals surface area contributed by atoms with E-state index in [1.165, 1.54) is 0 Å². The number of carbonyl (C=O) groups is 2. The molecule has 4 N–H and O–H groups in total. The fourth-order valence-corrected chi connectivity index (χ4v) is 6.20. The molecule has 3 heterocycles. The van der Waals surface area contributed by atoms with Gasteiger partial charge in [0.2, 0.25) is 11.8 Å². The first kappa shape index (κ1) is 20.4. The van der Waals surface area contributed by atoms with Crippen molar-refractivity contribution in [3.63, 3.8) is 0 Å². The average molecular weight is 399 g/mol. The van der Waals surface area contributed by atoms with Crippen LogP contribution >= 0.6 is 0 Å². The van der Waals surface area contributed by atoms with E-state index in [0.29, 0.717) is 36.6 Å². The maximum absolute atomic E-state index is 13.6. The Hall–Kier alpha value is -1.92. The zero-order valence-electron chi connectivity index (χ0n) is 17.6. The number of rotatable bonds is 8. The van der Waals surface area contributed by atoms with Gasteiger partial charge in [0, 0.05) is 38.0 Å². The summed E-state index contributed by atoms with van der Waals surface area (Å²) in [6.45, 7) is 7.80. The molecule has 0 spiro atoms. The molecule has 5 rings (SSSR count). The van der Waals surface area contributed by atoms with Gasteiger partial charge in [-0.2, -0.15) is 0 Å². The van der Waals surface area contributed by atoms with Crippen LogP contribution in [-0.4, -0.2) is 47.9 Å². The van der Waals surface area contributed by atoms with Crippen LogP contribution in [-0.2, 0) is 16.1 Å². The smallest absolute Gasteiger partial charge is 0.242 e. The summed E-state index contributed by atoms with van der Waals surface area (Å²) in [7, 11) is 0. The highest BCUT2D eigenvalue weighted by Gasteiger charge is 2.67. The molecular weight excluding hydrogens is 364 g/mol. The van der Waals surface area contributed by atoms with Crippen molar-refractivity contribution in [2.24, 2.45) is 29.4 Å². The van der Waals surface area contributed by atoms with E-state index >= 15 is 0 Å². The van der Waals surface area contributed by atoms with Crippen molar-refractivity contribution in [2.75, 3.05) is 19.6 Å². The van der Waals surface area contributed by atoms with Crippen LogP contribution in [0.3, 0.4) is 0 Å². The summed E-state index contributed by atoms with van der Waals surface area (Å²) >= 11 is 0. The highest BCUT2D eigenvalue weighted by molar-refractivity contribution is 5.89. The largest absolute Gasteiger partial charge is 0.370 e. The number of nitrogens with one attached hydrogen (secondary N) is 2. The Morgan fingerprint density at radius 2 is 2.07 bits per heavy atom. The molecule has 6 nitrogen and oxygen atoms in total. The second-order valence-electron chi connectivity index (χ2n) is 9.57. The lowest BCUT2D eigenvalue weighted by atomic mass is 9.58. The van der Waals surface area contributed by atoms with E-state index in [1.807, 2.05) is 30.3 Å². The quantitative estimate of drug-likeness (QED) is 0.619. The molecule has 29 heavy (non-hydrogen) atoms. The molecule has 3 saturated heterocycles. The SMILES string of the molecule is CC(C)CN1CC2CC3CNC2(C(=O)NCc2ccccc2)C1C3CCC(N)=O. The van der Waals surface area contributed by atoms with Crippen molar-refractivity contribution < 1.29 is 9.59 Å². The third kappa shape index (κ3) is 3.68. The number of carbonyl (C=O) groups excluding carboxylic acids is 2. The summed E-state index contributed by atoms with van der Waals surface area (Å²) in [5, 5.41) is 6.91. The van der Waals surface area contributed by atoms with Gasteiger partial charge in [-0.15, -0.1) is 0 Å². The second-order valence-corrected chi connectivity index (χ2v) is 9.57. The van der Waals surface area contributed by atoms with E-state index in [-0.39, 0.29) is 17.9 Å². The van der Waals surface area contributed by atoms with Crippen molar-refractivity contribution in [2.45, 2.75) is 51.2 Å². The molecule has 1 aromatic rings. The zero-order valence-corrected chi connectivity index (χ0v) is 17.6. The number of hydrogen-bond acceptors (Lipinski definition) is 4. The molecule has 5 unspecified atom stereocenters. The Kier molecular flexibility index (Phi) is 5.67. The Balaban J connectivity index is 1.59. The van der Waals surface area contributed by atoms with Crippen LogP contribution in [0.25, 0.3) is 0 Å². The summed E-state index contributed by atoms with van der Waals surface area (Å²) in [5.74, 6) is 1.59. The summed E-state index contributed by atoms with van der Waals surface area (Å²) in [6, 6.07) is 10.2. The first-order valence-electron chi connectivity index (χ1n) is 11.0. The molecule has 2 amide bonds. The van der Waals surface area contributed by atoms with Crippen LogP contribution < -0.4 is 16.4 Å². The molecule has 4 aliphatic rings. The van der Waals surface area contributed by atoms with Gasteiger partial charge in [-0.25, -0.2) is 0 Å². The van der Waals surface area contributed by atoms with E-state index in [2.05, 4.69) is 29.4 Å². The van der Waals surface area contributed by atoms with E-state index in [1.54, 1.807) is 0 Å². The van der Waals surface area contributed by atoms with Crippen LogP contribution in [0.5, 0.6) is 0 Å². The Labute approximate surface area is 173 Å². The summed E-state index contributed by atoms with van der Waals surface area (Å²) < 4.78 is 0. The van der Waals surface area contributed by atoms with Crippen LogP contribution in [0.2, 0.25) is 0 Å². The number of nitrogens with two attached hydrogens (primary N) is 1. The molecule has 4 fully saturated rings. The number of fused-ring (bicyclic) bond motifs is 1. The highest BCUT2D eigenvalue weighted by Crippen LogP contribution is 2.53. The molecule has 1 aliphatic carbocycles. The van der Waals surface area contributed by atoms with Crippen LogP contribution in [0, 0.1) is 23.7 Å². The van der Waals surface area contributed by atoms with Crippen molar-refractivity contribution >= 4 is 11.8 Å². The molecule has 158 valence electrons. The zero-order chi connectivity index (χ0) is 20.6. The monoisotopic (exact) mass is 398 g/mol. The minimum atomic E-state index is -0.555. The predicted octanol–water partition coefficient (Wildman–Crippen LogP) is 1.50. The molecule has 0 aromatic heterocycles. The second kappa shape index (κ2) is 8.07. The van der Waals surface area contributed by atoms with Gasteiger partial charge in [0.15, 0.2) is 0 Å². The van der Waals surface area contributed by atoms with Gasteiger partial charge >= 0.3 is 0 Å². The third-order valence-electron chi connectivity index (χ3n) is 7.21. The number of likely N-dealkylation sites (tertiary alicyclic amines) is 1. The summed E-state index contributed by atoms with van der Waals surface area (Å²) in [5.41, 5.74) is 6.03. The lowest BCUT2D eigenvalue weighted by Crippen LogP contribution is -2.76. The summed E-state index contributed by atoms with van der Waals surface area (Å²) in [6.07, 6.45) is 2.24. The number of nitrogens with zero attached hydrogens (tertiary/aromatic N) is 1. The van der Waals surface area contributed by atoms with Gasteiger partial charge in [-0.1, -0.05) is 44.2 Å². The number of hydrogen-bond donors (Lipinski definition) is 3. The summed E-state index contributed by atoms with van der Waals surface area (Å²) in [4.78, 5) is 27.7. The van der Waals surface area contributed by atoms with E-state index in [9.17, 15) is 9.59 Å². The fourth-order valence-electron chi connectivity index (χ4n) is 6.20. The highest BCUT2D eigenvalue weighted by atomic mass is 16.2. The van der Waals surface area contributed by atoms with Crippen molar-refractivity contribution in [3.8, 4) is 0 Å². The standard InChI is InChI=1S/C23H34N4O2/c1-15(2)13-27-14-18-10-17-12-26-23(18,21(27)19(17)8-9-20(24)28)22(29)25-11-16-6-4-3-5-7-16/h3-7,15,17-19,21,26H,8-14H2,1-2H3,(H2,24,28)(H,25,29). The van der Waals surface area contributed by atoms with Crippen LogP contribution in [0.4, 0.5) is 0 Å². The van der Waals surface area contributed by atoms with Gasteiger partial charge in [0.1, 0.15) is 5.54 Å². The lowest BCUT2D eigenvalue weighted by molar-refractivity contribution is -0.139. The van der Waals surface area contributed by atoms with Crippen LogP contribution in [0.1, 0.15) is 38.7 Å². The average Bonchev–Trinajstić information content (AvgIpc) is 2.94. The molecular formula is C23H34N4O2. The Morgan fingerprint density at radius 3 is 2.76 bits per heavy atom. The first-order chi connectivity index (χ1) is 13.9. The lowest BCUT2D eigenvalue weighted by Gasteiger charge is -2.56. The molecule has 0 radical (unpaired) electrons. The van der Waals surface area contributed by atoms with Gasteiger partial charge < -0.3 is 16.4 Å². The van der Waals surface area contributed by atoms with Gasteiger partial charge in [0.25, 0.3) is 0 Å². The number of amides is 2. The molecule has 3 aliphatic heterocycles. The van der Waals surface area contributed by atoms with Crippen LogP contribution in [0.15, 0.2) is 30.3 Å².